The van der Waals surface area contributed by atoms with Crippen LogP contribution in [0.4, 0.5) is 8.78 Å². The van der Waals surface area contributed by atoms with E-state index < -0.39 is 17.7 Å². The molecule has 0 saturated heterocycles. The van der Waals surface area contributed by atoms with Crippen molar-refractivity contribution in [2.45, 2.75) is 39.8 Å². The van der Waals surface area contributed by atoms with Gasteiger partial charge in [-0.15, -0.1) is 0 Å². The van der Waals surface area contributed by atoms with Crippen LogP contribution in [0.5, 0.6) is 0 Å². The summed E-state index contributed by atoms with van der Waals surface area (Å²) < 4.78 is 28.4. The van der Waals surface area contributed by atoms with Crippen LogP contribution in [0.25, 0.3) is 0 Å². The molecule has 108 valence electrons. The number of benzene rings is 1. The van der Waals surface area contributed by atoms with Gasteiger partial charge in [-0.05, 0) is 31.9 Å². The first-order valence-corrected chi connectivity index (χ1v) is 6.67. The van der Waals surface area contributed by atoms with E-state index in [-0.39, 0.29) is 0 Å². The van der Waals surface area contributed by atoms with Gasteiger partial charge in [-0.1, -0.05) is 13.0 Å². The number of halogens is 2. The second kappa shape index (κ2) is 5.71. The lowest BCUT2D eigenvalue weighted by Crippen LogP contribution is -2.20. The van der Waals surface area contributed by atoms with Gasteiger partial charge in [0.05, 0.1) is 18.3 Å². The normalized spacial score (nSPS) is 12.7. The summed E-state index contributed by atoms with van der Waals surface area (Å²) in [7, 11) is 0. The van der Waals surface area contributed by atoms with Crippen LogP contribution in [0.15, 0.2) is 18.2 Å². The fraction of sp³-hybridized carbons (Fsp3) is 0.400. The van der Waals surface area contributed by atoms with Crippen molar-refractivity contribution in [1.29, 1.82) is 0 Å². The number of aromatic nitrogens is 2. The molecule has 0 aliphatic rings. The van der Waals surface area contributed by atoms with Crippen molar-refractivity contribution in [3.63, 3.8) is 0 Å². The summed E-state index contributed by atoms with van der Waals surface area (Å²) in [5.74, 6) is -1.22. The van der Waals surface area contributed by atoms with Gasteiger partial charge in [-0.25, -0.2) is 8.78 Å². The molecule has 1 aromatic carbocycles. The number of aryl methyl sites for hydroxylation is 1. The van der Waals surface area contributed by atoms with Crippen LogP contribution in [0.3, 0.4) is 0 Å². The molecule has 1 aromatic heterocycles. The number of hydrogen-bond donors (Lipinski definition) is 1. The van der Waals surface area contributed by atoms with Crippen molar-refractivity contribution in [2.75, 3.05) is 0 Å². The zero-order valence-electron chi connectivity index (χ0n) is 12.0. The highest BCUT2D eigenvalue weighted by Gasteiger charge is 2.16. The Labute approximate surface area is 117 Å². The van der Waals surface area contributed by atoms with E-state index in [4.69, 9.17) is 5.73 Å². The van der Waals surface area contributed by atoms with E-state index in [1.807, 2.05) is 13.8 Å². The molecule has 0 aliphatic heterocycles. The lowest BCUT2D eigenvalue weighted by atomic mass is 10.1. The van der Waals surface area contributed by atoms with Crippen LogP contribution in [0.1, 0.15) is 35.5 Å². The lowest BCUT2D eigenvalue weighted by molar-refractivity contribution is 0.487. The van der Waals surface area contributed by atoms with Crippen molar-refractivity contribution in [1.82, 2.24) is 9.78 Å². The van der Waals surface area contributed by atoms with Gasteiger partial charge in [0.25, 0.3) is 0 Å². The number of nitrogens with two attached hydrogens (primary N) is 1. The highest BCUT2D eigenvalue weighted by molar-refractivity contribution is 5.25. The van der Waals surface area contributed by atoms with Crippen LogP contribution in [0.2, 0.25) is 0 Å². The summed E-state index contributed by atoms with van der Waals surface area (Å²) in [6, 6.07) is 2.91. The van der Waals surface area contributed by atoms with Crippen LogP contribution in [0, 0.1) is 25.5 Å². The maximum absolute atomic E-state index is 13.7. The largest absolute Gasteiger partial charge is 0.322 e. The van der Waals surface area contributed by atoms with Gasteiger partial charge in [0, 0.05) is 17.3 Å². The molecule has 0 fully saturated rings. The standard InChI is InChI=1S/C15H19F2N3/c1-4-12-9(2)19-20(10(12)3)8-15(18)13-6-5-11(16)7-14(13)17/h5-7,15H,4,8,18H2,1-3H3. The van der Waals surface area contributed by atoms with Gasteiger partial charge >= 0.3 is 0 Å². The Morgan fingerprint density at radius 2 is 2.00 bits per heavy atom. The third-order valence-electron chi connectivity index (χ3n) is 3.62. The molecule has 5 heteroatoms. The minimum absolute atomic E-state index is 0.303. The van der Waals surface area contributed by atoms with Crippen LogP contribution in [-0.4, -0.2) is 9.78 Å². The highest BCUT2D eigenvalue weighted by atomic mass is 19.1. The van der Waals surface area contributed by atoms with Gasteiger partial charge in [0.1, 0.15) is 11.6 Å². The molecule has 2 rings (SSSR count). The van der Waals surface area contributed by atoms with Gasteiger partial charge in [0.15, 0.2) is 0 Å². The fourth-order valence-electron chi connectivity index (χ4n) is 2.51. The number of nitrogens with zero attached hydrogens (tertiary/aromatic N) is 2. The predicted octanol–water partition coefficient (Wildman–Crippen LogP) is 3.04. The molecule has 0 saturated carbocycles. The van der Waals surface area contributed by atoms with Crippen molar-refractivity contribution in [2.24, 2.45) is 5.73 Å². The lowest BCUT2D eigenvalue weighted by Gasteiger charge is -2.14. The van der Waals surface area contributed by atoms with Crippen molar-refractivity contribution >= 4 is 0 Å². The molecule has 3 nitrogen and oxygen atoms in total. The van der Waals surface area contributed by atoms with E-state index in [0.29, 0.717) is 12.1 Å². The smallest absolute Gasteiger partial charge is 0.130 e. The third kappa shape index (κ3) is 2.72. The average Bonchev–Trinajstić information content (AvgIpc) is 2.63. The molecular formula is C15H19F2N3. The molecule has 0 bridgehead atoms. The van der Waals surface area contributed by atoms with Gasteiger partial charge in [-0.3, -0.25) is 4.68 Å². The maximum atomic E-state index is 13.7. The van der Waals surface area contributed by atoms with E-state index in [0.717, 1.165) is 23.9 Å². The predicted molar refractivity (Wildman–Crippen MR) is 74.4 cm³/mol. The summed E-state index contributed by atoms with van der Waals surface area (Å²) in [5, 5.41) is 4.43. The Balaban J connectivity index is 2.25. The summed E-state index contributed by atoms with van der Waals surface area (Å²) in [6.07, 6.45) is 0.901. The first-order valence-electron chi connectivity index (χ1n) is 6.67. The molecule has 0 spiro atoms. The van der Waals surface area contributed by atoms with Crippen molar-refractivity contribution in [3.8, 4) is 0 Å². The van der Waals surface area contributed by atoms with E-state index >= 15 is 0 Å². The Hall–Kier alpha value is -1.75. The molecule has 1 unspecified atom stereocenters. The molecule has 1 heterocycles. The van der Waals surface area contributed by atoms with Crippen molar-refractivity contribution in [3.05, 3.63) is 52.3 Å². The molecule has 20 heavy (non-hydrogen) atoms. The Bertz CT molecular complexity index is 620. The molecule has 2 N–H and O–H groups in total. The Kier molecular flexibility index (Phi) is 4.18. The molecule has 1 atom stereocenters. The molecule has 0 radical (unpaired) electrons. The SMILES string of the molecule is CCc1c(C)nn(CC(N)c2ccc(F)cc2F)c1C. The van der Waals surface area contributed by atoms with E-state index in [9.17, 15) is 8.78 Å². The summed E-state index contributed by atoms with van der Waals surface area (Å²) in [4.78, 5) is 0. The topological polar surface area (TPSA) is 43.8 Å². The van der Waals surface area contributed by atoms with Gasteiger partial charge < -0.3 is 5.73 Å². The van der Waals surface area contributed by atoms with E-state index in [1.165, 1.54) is 17.7 Å². The van der Waals surface area contributed by atoms with E-state index in [1.54, 1.807) is 4.68 Å². The minimum Gasteiger partial charge on any atom is -0.322 e. The van der Waals surface area contributed by atoms with Gasteiger partial charge in [0.2, 0.25) is 0 Å². The third-order valence-corrected chi connectivity index (χ3v) is 3.62. The van der Waals surface area contributed by atoms with Crippen molar-refractivity contribution < 1.29 is 8.78 Å². The maximum Gasteiger partial charge on any atom is 0.130 e. The number of rotatable bonds is 4. The second-order valence-electron chi connectivity index (χ2n) is 4.96. The summed E-state index contributed by atoms with van der Waals surface area (Å²) in [6.45, 7) is 6.37. The van der Waals surface area contributed by atoms with Crippen LogP contribution < -0.4 is 5.73 Å². The quantitative estimate of drug-likeness (QED) is 0.935. The van der Waals surface area contributed by atoms with E-state index in [2.05, 4.69) is 12.0 Å². The highest BCUT2D eigenvalue weighted by Crippen LogP contribution is 2.20. The zero-order chi connectivity index (χ0) is 14.9. The Morgan fingerprint density at radius 1 is 1.30 bits per heavy atom. The fourth-order valence-corrected chi connectivity index (χ4v) is 2.51. The molecule has 0 aliphatic carbocycles. The molecular weight excluding hydrogens is 260 g/mol. The minimum atomic E-state index is -0.616. The summed E-state index contributed by atoms with van der Waals surface area (Å²) >= 11 is 0. The number of hydrogen-bond acceptors (Lipinski definition) is 2. The first-order chi connectivity index (χ1) is 9.43. The van der Waals surface area contributed by atoms with Crippen LogP contribution >= 0.6 is 0 Å². The Morgan fingerprint density at radius 3 is 2.55 bits per heavy atom. The zero-order valence-corrected chi connectivity index (χ0v) is 12.0. The summed E-state index contributed by atoms with van der Waals surface area (Å²) in [5.41, 5.74) is 9.53. The molecule has 2 aromatic rings. The monoisotopic (exact) mass is 279 g/mol. The van der Waals surface area contributed by atoms with Gasteiger partial charge in [-0.2, -0.15) is 5.10 Å². The molecule has 0 amide bonds. The first kappa shape index (κ1) is 14.7. The average molecular weight is 279 g/mol. The van der Waals surface area contributed by atoms with Crippen LogP contribution in [-0.2, 0) is 13.0 Å². The second-order valence-corrected chi connectivity index (χ2v) is 4.96.